The highest BCUT2D eigenvalue weighted by Gasteiger charge is 2.20. The highest BCUT2D eigenvalue weighted by atomic mass is 19.2. The van der Waals surface area contributed by atoms with E-state index < -0.39 is 13.4 Å². The summed E-state index contributed by atoms with van der Waals surface area (Å²) in [7, 11) is -1.72. The van der Waals surface area contributed by atoms with Gasteiger partial charge in [0.1, 0.15) is 5.76 Å². The fraction of sp³-hybridized carbons (Fsp3) is 0.133. The molecule has 0 radical (unpaired) electrons. The lowest BCUT2D eigenvalue weighted by atomic mass is 10.1. The molecule has 118 valence electrons. The van der Waals surface area contributed by atoms with Crippen LogP contribution in [0.3, 0.4) is 0 Å². The molecule has 0 saturated heterocycles. The Morgan fingerprint density at radius 3 is 2.30 bits per heavy atom. The number of carbonyl (C=O) groups is 1. The molecule has 0 spiro atoms. The van der Waals surface area contributed by atoms with Crippen LogP contribution in [-0.2, 0) is 9.39 Å². The van der Waals surface area contributed by atoms with Gasteiger partial charge < -0.3 is 9.39 Å². The Balaban J connectivity index is 2.34. The lowest BCUT2D eigenvalue weighted by molar-refractivity contribution is 0.0600. The number of methoxy groups -OCH3 is 1. The predicted octanol–water partition coefficient (Wildman–Crippen LogP) is 3.01. The first-order chi connectivity index (χ1) is 11.0. The molecule has 23 heavy (non-hydrogen) atoms. The van der Waals surface area contributed by atoms with E-state index in [1.807, 2.05) is 0 Å². The summed E-state index contributed by atoms with van der Waals surface area (Å²) in [6, 6.07) is 5.90. The van der Waals surface area contributed by atoms with Gasteiger partial charge in [-0.1, -0.05) is 12.1 Å². The number of hydrogen-bond acceptors (Lipinski definition) is 5. The van der Waals surface area contributed by atoms with Crippen molar-refractivity contribution in [1.82, 2.24) is 9.97 Å². The molecule has 0 aliphatic carbocycles. The van der Waals surface area contributed by atoms with E-state index in [0.717, 1.165) is 0 Å². The molecule has 0 amide bonds. The number of carbonyl (C=O) groups excluding carboxylic acids is 1. The van der Waals surface area contributed by atoms with Crippen molar-refractivity contribution in [2.75, 3.05) is 7.11 Å². The van der Waals surface area contributed by atoms with E-state index in [9.17, 15) is 13.4 Å². The van der Waals surface area contributed by atoms with E-state index in [1.165, 1.54) is 49.8 Å². The standard InChI is InChI=1S/C15H13BF2N2O3/c1-10-8-20-13(9-19-10)7-14(23-16(17)18)11-3-5-12(6-4-11)15(21)22-2/h3-9H,1-2H3/b14-7+. The minimum Gasteiger partial charge on any atom is -0.505 e. The number of ether oxygens (including phenoxy) is 1. The quantitative estimate of drug-likeness (QED) is 0.482. The zero-order valence-corrected chi connectivity index (χ0v) is 12.5. The molecule has 1 aromatic heterocycles. The summed E-state index contributed by atoms with van der Waals surface area (Å²) < 4.78 is 34.4. The molecule has 2 rings (SSSR count). The minimum absolute atomic E-state index is 0.0745. The van der Waals surface area contributed by atoms with Crippen molar-refractivity contribution in [2.24, 2.45) is 0 Å². The van der Waals surface area contributed by atoms with Gasteiger partial charge in [0.05, 0.1) is 30.3 Å². The van der Waals surface area contributed by atoms with Gasteiger partial charge in [-0.15, -0.1) is 0 Å². The first-order valence-electron chi connectivity index (χ1n) is 6.63. The van der Waals surface area contributed by atoms with Crippen LogP contribution in [0.15, 0.2) is 36.7 Å². The van der Waals surface area contributed by atoms with Gasteiger partial charge in [0.2, 0.25) is 0 Å². The van der Waals surface area contributed by atoms with E-state index in [-0.39, 0.29) is 5.76 Å². The second kappa shape index (κ2) is 7.48. The summed E-state index contributed by atoms with van der Waals surface area (Å²) in [4.78, 5) is 19.5. The number of aryl methyl sites for hydroxylation is 1. The number of halogens is 2. The Bertz CT molecular complexity index is 704. The van der Waals surface area contributed by atoms with Crippen LogP contribution < -0.4 is 0 Å². The number of rotatable bonds is 5. The van der Waals surface area contributed by atoms with Gasteiger partial charge in [-0.25, -0.2) is 13.4 Å². The first kappa shape index (κ1) is 16.6. The molecule has 1 aromatic carbocycles. The lowest BCUT2D eigenvalue weighted by Gasteiger charge is -2.09. The second-order valence-corrected chi connectivity index (χ2v) is 4.54. The van der Waals surface area contributed by atoms with Gasteiger partial charge in [-0.2, -0.15) is 0 Å². The monoisotopic (exact) mass is 318 g/mol. The van der Waals surface area contributed by atoms with Gasteiger partial charge in [0.25, 0.3) is 0 Å². The van der Waals surface area contributed by atoms with Crippen molar-refractivity contribution in [3.05, 3.63) is 59.2 Å². The lowest BCUT2D eigenvalue weighted by Crippen LogP contribution is -2.05. The molecular weight excluding hydrogens is 305 g/mol. The van der Waals surface area contributed by atoms with Crippen molar-refractivity contribution in [3.63, 3.8) is 0 Å². The molecule has 0 fully saturated rings. The third-order valence-electron chi connectivity index (χ3n) is 2.89. The maximum atomic E-state index is 12.6. The van der Waals surface area contributed by atoms with Crippen LogP contribution in [0.2, 0.25) is 0 Å². The predicted molar refractivity (Wildman–Crippen MR) is 81.5 cm³/mol. The van der Waals surface area contributed by atoms with Crippen LogP contribution in [-0.4, -0.2) is 30.5 Å². The van der Waals surface area contributed by atoms with Crippen LogP contribution in [0, 0.1) is 6.92 Å². The fourth-order valence-corrected chi connectivity index (χ4v) is 1.78. The summed E-state index contributed by atoms with van der Waals surface area (Å²) in [6.45, 7) is 1.77. The normalized spacial score (nSPS) is 11.0. The maximum Gasteiger partial charge on any atom is 0.796 e. The van der Waals surface area contributed by atoms with Crippen molar-refractivity contribution in [1.29, 1.82) is 0 Å². The van der Waals surface area contributed by atoms with E-state index in [1.54, 1.807) is 6.92 Å². The molecule has 0 atom stereocenters. The van der Waals surface area contributed by atoms with Crippen molar-refractivity contribution in [2.45, 2.75) is 6.92 Å². The Hall–Kier alpha value is -2.77. The van der Waals surface area contributed by atoms with Crippen molar-refractivity contribution >= 4 is 25.3 Å². The molecule has 0 bridgehead atoms. The summed E-state index contributed by atoms with van der Waals surface area (Å²) in [5.74, 6) is -0.587. The molecular formula is C15H13BF2N2O3. The topological polar surface area (TPSA) is 61.3 Å². The summed E-state index contributed by atoms with van der Waals surface area (Å²) in [5, 5.41) is 0. The zero-order chi connectivity index (χ0) is 16.8. The fourth-order valence-electron chi connectivity index (χ4n) is 1.78. The van der Waals surface area contributed by atoms with E-state index in [0.29, 0.717) is 22.5 Å². The Kier molecular flexibility index (Phi) is 5.40. The molecule has 0 aliphatic heterocycles. The SMILES string of the molecule is COC(=O)c1ccc(/C(=C\c2cnc(C)cn2)OB(F)F)cc1. The smallest absolute Gasteiger partial charge is 0.505 e. The maximum absolute atomic E-state index is 12.6. The summed E-state index contributed by atoms with van der Waals surface area (Å²) >= 11 is 0. The van der Waals surface area contributed by atoms with Crippen molar-refractivity contribution in [3.8, 4) is 0 Å². The summed E-state index contributed by atoms with van der Waals surface area (Å²) in [6.07, 6.45) is 4.32. The van der Waals surface area contributed by atoms with Gasteiger partial charge in [-0.05, 0) is 19.1 Å². The Morgan fingerprint density at radius 1 is 1.13 bits per heavy atom. The van der Waals surface area contributed by atoms with Crippen molar-refractivity contribution < 1.29 is 22.8 Å². The third kappa shape index (κ3) is 4.60. The van der Waals surface area contributed by atoms with Crippen LogP contribution in [0.5, 0.6) is 0 Å². The number of nitrogens with zero attached hydrogens (tertiary/aromatic N) is 2. The zero-order valence-electron chi connectivity index (χ0n) is 12.5. The molecule has 2 aromatic rings. The van der Waals surface area contributed by atoms with Crippen LogP contribution in [0.1, 0.15) is 27.3 Å². The average Bonchev–Trinajstić information content (AvgIpc) is 2.55. The highest BCUT2D eigenvalue weighted by molar-refractivity contribution is 6.36. The summed E-state index contributed by atoms with van der Waals surface area (Å²) in [5.41, 5.74) is 1.77. The van der Waals surface area contributed by atoms with E-state index >= 15 is 0 Å². The Morgan fingerprint density at radius 2 is 1.78 bits per heavy atom. The largest absolute Gasteiger partial charge is 0.796 e. The number of benzene rings is 1. The molecule has 5 nitrogen and oxygen atoms in total. The molecule has 0 aliphatic rings. The third-order valence-corrected chi connectivity index (χ3v) is 2.89. The highest BCUT2D eigenvalue weighted by Crippen LogP contribution is 2.21. The first-order valence-corrected chi connectivity index (χ1v) is 6.63. The second-order valence-electron chi connectivity index (χ2n) is 4.54. The minimum atomic E-state index is -2.99. The van der Waals surface area contributed by atoms with Gasteiger partial charge in [0, 0.05) is 17.8 Å². The van der Waals surface area contributed by atoms with E-state index in [2.05, 4.69) is 19.4 Å². The molecule has 0 saturated carbocycles. The van der Waals surface area contributed by atoms with Crippen LogP contribution >= 0.6 is 0 Å². The number of esters is 1. The molecule has 0 N–H and O–H groups in total. The van der Waals surface area contributed by atoms with Crippen LogP contribution in [0.4, 0.5) is 8.63 Å². The van der Waals surface area contributed by atoms with Gasteiger partial charge in [-0.3, -0.25) is 9.97 Å². The Labute approximate surface area is 132 Å². The number of aromatic nitrogens is 2. The van der Waals surface area contributed by atoms with E-state index in [4.69, 9.17) is 0 Å². The molecule has 1 heterocycles. The average molecular weight is 318 g/mol. The molecule has 0 unspecified atom stereocenters. The molecule has 8 heteroatoms. The van der Waals surface area contributed by atoms with Gasteiger partial charge >= 0.3 is 13.4 Å². The van der Waals surface area contributed by atoms with Crippen LogP contribution in [0.25, 0.3) is 11.8 Å². The van der Waals surface area contributed by atoms with Gasteiger partial charge in [0.15, 0.2) is 0 Å². The number of hydrogen-bond donors (Lipinski definition) is 0.